The molecule has 0 atom stereocenters. The molecule has 0 fully saturated rings. The molecule has 3 N–H and O–H groups in total. The first-order valence-electron chi connectivity index (χ1n) is 6.22. The van der Waals surface area contributed by atoms with Gasteiger partial charge in [-0.1, -0.05) is 48.5 Å². The van der Waals surface area contributed by atoms with Gasteiger partial charge < -0.3 is 10.7 Å². The maximum atomic E-state index is 12.3. The van der Waals surface area contributed by atoms with Gasteiger partial charge in [-0.15, -0.1) is 0 Å². The number of nitrogens with two attached hydrogens (primary N) is 1. The Morgan fingerprint density at radius 2 is 1.55 bits per heavy atom. The molecule has 1 aromatic heterocycles. The van der Waals surface area contributed by atoms with Crippen LogP contribution in [0.3, 0.4) is 0 Å². The summed E-state index contributed by atoms with van der Waals surface area (Å²) in [6.07, 6.45) is 0. The molecule has 100 valence electrons. The molecule has 0 radical (unpaired) electrons. The molecule has 0 saturated carbocycles. The third-order valence-electron chi connectivity index (χ3n) is 3.12. The van der Waals surface area contributed by atoms with E-state index >= 15 is 0 Å². The molecule has 3 rings (SSSR count). The zero-order chi connectivity index (χ0) is 13.9. The Labute approximate surface area is 115 Å². The van der Waals surface area contributed by atoms with Gasteiger partial charge in [-0.2, -0.15) is 0 Å². The summed E-state index contributed by atoms with van der Waals surface area (Å²) in [5.41, 5.74) is 2.43. The van der Waals surface area contributed by atoms with E-state index in [9.17, 15) is 10.0 Å². The number of quaternary nitrogens is 1. The highest BCUT2D eigenvalue weighted by molar-refractivity contribution is 5.68. The Balaban J connectivity index is 2.21. The van der Waals surface area contributed by atoms with Crippen molar-refractivity contribution in [3.63, 3.8) is 0 Å². The van der Waals surface area contributed by atoms with Crippen LogP contribution in [-0.2, 0) is 0 Å². The second-order valence-corrected chi connectivity index (χ2v) is 4.36. The van der Waals surface area contributed by atoms with Gasteiger partial charge in [-0.3, -0.25) is 9.89 Å². The van der Waals surface area contributed by atoms with Gasteiger partial charge in [0, 0.05) is 5.56 Å². The quantitative estimate of drug-likeness (QED) is 0.706. The van der Waals surface area contributed by atoms with Gasteiger partial charge in [-0.25, -0.2) is 4.68 Å². The van der Waals surface area contributed by atoms with Crippen LogP contribution in [0.1, 0.15) is 0 Å². The highest BCUT2D eigenvalue weighted by Crippen LogP contribution is 2.21. The van der Waals surface area contributed by atoms with Gasteiger partial charge in [-0.05, 0) is 12.1 Å². The smallest absolute Gasteiger partial charge is 0.333 e. The Kier molecular flexibility index (Phi) is 3.20. The molecule has 2 aromatic carbocycles. The fourth-order valence-electron chi connectivity index (χ4n) is 2.14. The monoisotopic (exact) mass is 267 g/mol. The number of hydrogen-bond acceptors (Lipinski definition) is 2. The summed E-state index contributed by atoms with van der Waals surface area (Å²) in [4.78, 5) is 12.3. The first-order chi connectivity index (χ1) is 9.81. The van der Waals surface area contributed by atoms with Crippen molar-refractivity contribution in [1.82, 2.24) is 9.78 Å². The van der Waals surface area contributed by atoms with E-state index in [0.717, 1.165) is 5.56 Å². The molecule has 3 aromatic rings. The molecular formula is C15H13N3O2. The van der Waals surface area contributed by atoms with E-state index in [0.29, 0.717) is 16.9 Å². The van der Waals surface area contributed by atoms with Crippen LogP contribution in [0.4, 0.5) is 5.69 Å². The van der Waals surface area contributed by atoms with Crippen LogP contribution in [0.5, 0.6) is 0 Å². The van der Waals surface area contributed by atoms with E-state index in [1.54, 1.807) is 12.1 Å². The summed E-state index contributed by atoms with van der Waals surface area (Å²) < 4.78 is 1.38. The molecule has 1 heterocycles. The van der Waals surface area contributed by atoms with Gasteiger partial charge in [0.15, 0.2) is 0 Å². The molecule has 0 unspecified atom stereocenters. The zero-order valence-electron chi connectivity index (χ0n) is 10.6. The van der Waals surface area contributed by atoms with Crippen LogP contribution in [0.2, 0.25) is 0 Å². The molecule has 20 heavy (non-hydrogen) atoms. The number of nitrogens with one attached hydrogen (secondary N) is 1. The van der Waals surface area contributed by atoms with Crippen molar-refractivity contribution in [2.24, 2.45) is 0 Å². The lowest BCUT2D eigenvalue weighted by Gasteiger charge is -2.01. The number of para-hydroxylation sites is 1. The third kappa shape index (κ3) is 2.05. The number of aromatic nitrogens is 2. The maximum absolute atomic E-state index is 12.3. The van der Waals surface area contributed by atoms with Crippen LogP contribution >= 0.6 is 0 Å². The molecule has 5 heteroatoms. The maximum Gasteiger partial charge on any atom is 0.333 e. The average Bonchev–Trinajstić information content (AvgIpc) is 2.86. The van der Waals surface area contributed by atoms with Crippen molar-refractivity contribution >= 4 is 5.69 Å². The van der Waals surface area contributed by atoms with Gasteiger partial charge in [0.1, 0.15) is 5.69 Å². The molecule has 5 nitrogen and oxygen atoms in total. The van der Waals surface area contributed by atoms with Crippen molar-refractivity contribution < 1.29 is 5.48 Å². The Morgan fingerprint density at radius 3 is 2.15 bits per heavy atom. The van der Waals surface area contributed by atoms with E-state index in [4.69, 9.17) is 0 Å². The van der Waals surface area contributed by atoms with E-state index in [1.165, 1.54) is 4.68 Å². The second kappa shape index (κ2) is 5.16. The highest BCUT2D eigenvalue weighted by Gasteiger charge is 2.17. The number of rotatable bonds is 3. The fraction of sp³-hybridized carbons (Fsp3) is 0. The minimum absolute atomic E-state index is 0.139. The molecule has 0 bridgehead atoms. The largest absolute Gasteiger partial charge is 0.630 e. The van der Waals surface area contributed by atoms with E-state index in [1.807, 2.05) is 48.5 Å². The van der Waals surface area contributed by atoms with Crippen molar-refractivity contribution in [2.75, 3.05) is 0 Å². The number of benzene rings is 2. The lowest BCUT2D eigenvalue weighted by molar-refractivity contribution is -0.497. The topological polar surface area (TPSA) is 77.5 Å². The van der Waals surface area contributed by atoms with E-state index in [2.05, 4.69) is 5.10 Å². The summed E-state index contributed by atoms with van der Waals surface area (Å²) in [7, 11) is 0. The fourth-order valence-corrected chi connectivity index (χ4v) is 2.14. The molecule has 0 saturated heterocycles. The standard InChI is InChI=1S/C15H13N3O2/c19-15-14(17-20)13(11-7-3-1-4-8-11)16-18(15)12-9-5-2-6-10-12/h1-10,16H,17H2. The summed E-state index contributed by atoms with van der Waals surface area (Å²) in [5.74, 6) is 0. The lowest BCUT2D eigenvalue weighted by atomic mass is 10.1. The number of hydrogen-bond donors (Lipinski definition) is 2. The highest BCUT2D eigenvalue weighted by atomic mass is 16.5. The number of aromatic amines is 1. The molecule has 0 aliphatic heterocycles. The van der Waals surface area contributed by atoms with Gasteiger partial charge in [0.05, 0.1) is 5.69 Å². The minimum Gasteiger partial charge on any atom is -0.630 e. The van der Waals surface area contributed by atoms with Gasteiger partial charge in [0.2, 0.25) is 5.69 Å². The Bertz CT molecular complexity index is 761. The SMILES string of the molecule is O=c1c([NH2+][O-])c(-c2ccccc2)[nH]n1-c1ccccc1. The first kappa shape index (κ1) is 12.4. The Morgan fingerprint density at radius 1 is 0.950 bits per heavy atom. The molecule has 0 spiro atoms. The van der Waals surface area contributed by atoms with Crippen LogP contribution in [0.15, 0.2) is 65.5 Å². The van der Waals surface area contributed by atoms with Crippen molar-refractivity contribution in [1.29, 1.82) is 0 Å². The normalized spacial score (nSPS) is 10.7. The number of nitrogens with zero attached hydrogens (tertiary/aromatic N) is 1. The molecule has 0 aliphatic rings. The zero-order valence-corrected chi connectivity index (χ0v) is 10.6. The lowest BCUT2D eigenvalue weighted by Crippen LogP contribution is -2.72. The predicted octanol–water partition coefficient (Wildman–Crippen LogP) is 1.53. The summed E-state index contributed by atoms with van der Waals surface area (Å²) in [6.45, 7) is 0. The van der Waals surface area contributed by atoms with E-state index in [-0.39, 0.29) is 11.2 Å². The van der Waals surface area contributed by atoms with Crippen LogP contribution in [0.25, 0.3) is 16.9 Å². The van der Waals surface area contributed by atoms with Crippen LogP contribution < -0.4 is 11.0 Å². The van der Waals surface area contributed by atoms with Gasteiger partial charge >= 0.3 is 5.56 Å². The van der Waals surface area contributed by atoms with E-state index < -0.39 is 0 Å². The third-order valence-corrected chi connectivity index (χ3v) is 3.12. The molecule has 0 aliphatic carbocycles. The summed E-state index contributed by atoms with van der Waals surface area (Å²) >= 11 is 0. The molecule has 0 amide bonds. The average molecular weight is 267 g/mol. The second-order valence-electron chi connectivity index (χ2n) is 4.36. The molecular weight excluding hydrogens is 254 g/mol. The summed E-state index contributed by atoms with van der Waals surface area (Å²) in [6, 6.07) is 18.5. The Hall–Kier alpha value is -2.63. The first-order valence-corrected chi connectivity index (χ1v) is 6.22. The van der Waals surface area contributed by atoms with Gasteiger partial charge in [0.25, 0.3) is 0 Å². The van der Waals surface area contributed by atoms with Crippen molar-refractivity contribution in [3.8, 4) is 16.9 Å². The predicted molar refractivity (Wildman–Crippen MR) is 76.8 cm³/mol. The van der Waals surface area contributed by atoms with Crippen molar-refractivity contribution in [3.05, 3.63) is 76.2 Å². The number of H-pyrrole nitrogens is 1. The summed E-state index contributed by atoms with van der Waals surface area (Å²) in [5, 5.41) is 14.2. The van der Waals surface area contributed by atoms with Crippen LogP contribution in [0, 0.1) is 5.21 Å². The van der Waals surface area contributed by atoms with Crippen LogP contribution in [-0.4, -0.2) is 9.78 Å². The minimum atomic E-state index is -0.343. The van der Waals surface area contributed by atoms with Crippen molar-refractivity contribution in [2.45, 2.75) is 0 Å².